The first-order valence-corrected chi connectivity index (χ1v) is 4.93. The molecule has 0 radical (unpaired) electrons. The predicted molar refractivity (Wildman–Crippen MR) is 52.6 cm³/mol. The number of nitrogens with zero attached hydrogens (tertiary/aromatic N) is 3. The van der Waals surface area contributed by atoms with Crippen molar-refractivity contribution in [1.82, 2.24) is 20.3 Å². The van der Waals surface area contributed by atoms with E-state index in [1.807, 2.05) is 0 Å². The van der Waals surface area contributed by atoms with Gasteiger partial charge in [0, 0.05) is 19.2 Å². The Bertz CT molecular complexity index is 258. The molecule has 0 atom stereocenters. The van der Waals surface area contributed by atoms with Crippen LogP contribution in [-0.2, 0) is 11.3 Å². The molecule has 1 heterocycles. The van der Waals surface area contributed by atoms with Crippen molar-refractivity contribution >= 4 is 5.91 Å². The second-order valence-corrected chi connectivity index (χ2v) is 3.12. The summed E-state index contributed by atoms with van der Waals surface area (Å²) >= 11 is 0. The largest absolute Gasteiger partial charge is 0.356 e. The van der Waals surface area contributed by atoms with Crippen LogP contribution in [0.2, 0.25) is 0 Å². The van der Waals surface area contributed by atoms with Crippen LogP contribution in [0.1, 0.15) is 26.2 Å². The molecule has 0 aliphatic rings. The van der Waals surface area contributed by atoms with E-state index in [4.69, 9.17) is 0 Å². The molecule has 1 N–H and O–H groups in total. The van der Waals surface area contributed by atoms with Gasteiger partial charge in [0.2, 0.25) is 5.91 Å². The molecule has 1 amide bonds. The molecule has 0 spiro atoms. The first-order valence-electron chi connectivity index (χ1n) is 4.93. The van der Waals surface area contributed by atoms with E-state index in [9.17, 15) is 4.79 Å². The van der Waals surface area contributed by atoms with Crippen LogP contribution in [-0.4, -0.2) is 27.4 Å². The van der Waals surface area contributed by atoms with E-state index in [0.29, 0.717) is 13.0 Å². The van der Waals surface area contributed by atoms with Crippen molar-refractivity contribution in [2.45, 2.75) is 32.7 Å². The summed E-state index contributed by atoms with van der Waals surface area (Å²) in [5.74, 6) is 0.0777. The summed E-state index contributed by atoms with van der Waals surface area (Å²) < 4.78 is 1.65. The summed E-state index contributed by atoms with van der Waals surface area (Å²) in [5, 5.41) is 10.3. The Balaban J connectivity index is 2.09. The van der Waals surface area contributed by atoms with Gasteiger partial charge in [-0.15, -0.1) is 5.10 Å². The molecular weight excluding hydrogens is 180 g/mol. The number of nitrogens with one attached hydrogen (secondary N) is 1. The molecule has 78 valence electrons. The third-order valence-electron chi connectivity index (χ3n) is 1.89. The van der Waals surface area contributed by atoms with Crippen LogP contribution in [0.3, 0.4) is 0 Å². The molecule has 0 aromatic carbocycles. The monoisotopic (exact) mass is 196 g/mol. The highest BCUT2D eigenvalue weighted by Crippen LogP contribution is 1.88. The minimum atomic E-state index is 0.0777. The van der Waals surface area contributed by atoms with Gasteiger partial charge in [-0.05, 0) is 6.42 Å². The number of amides is 1. The van der Waals surface area contributed by atoms with Crippen LogP contribution in [0.5, 0.6) is 0 Å². The predicted octanol–water partition coefficient (Wildman–Crippen LogP) is 0.584. The Morgan fingerprint density at radius 1 is 1.57 bits per heavy atom. The molecule has 0 aliphatic carbocycles. The second-order valence-electron chi connectivity index (χ2n) is 3.12. The fraction of sp³-hybridized carbons (Fsp3) is 0.667. The van der Waals surface area contributed by atoms with Crippen LogP contribution >= 0.6 is 0 Å². The smallest absolute Gasteiger partial charge is 0.221 e. The number of carbonyl (C=O) groups is 1. The fourth-order valence-electron chi connectivity index (χ4n) is 1.06. The molecule has 0 bridgehead atoms. The lowest BCUT2D eigenvalue weighted by atomic mass is 10.3. The van der Waals surface area contributed by atoms with Gasteiger partial charge in [0.25, 0.3) is 0 Å². The molecule has 1 aromatic rings. The van der Waals surface area contributed by atoms with Gasteiger partial charge in [-0.25, -0.2) is 0 Å². The third-order valence-corrected chi connectivity index (χ3v) is 1.89. The Morgan fingerprint density at radius 2 is 2.43 bits per heavy atom. The van der Waals surface area contributed by atoms with Gasteiger partial charge < -0.3 is 5.32 Å². The van der Waals surface area contributed by atoms with Gasteiger partial charge >= 0.3 is 0 Å². The van der Waals surface area contributed by atoms with Gasteiger partial charge in [-0.2, -0.15) is 0 Å². The molecule has 5 nitrogen and oxygen atoms in total. The summed E-state index contributed by atoms with van der Waals surface area (Å²) in [5.41, 5.74) is 0. The second kappa shape index (κ2) is 6.12. The molecule has 0 saturated heterocycles. The molecule has 0 saturated carbocycles. The third kappa shape index (κ3) is 4.02. The molecular formula is C9H16N4O. The van der Waals surface area contributed by atoms with Crippen LogP contribution < -0.4 is 5.32 Å². The molecule has 1 aromatic heterocycles. The number of unbranched alkanes of at least 4 members (excludes halogenated alkanes) is 1. The Labute approximate surface area is 83.5 Å². The number of rotatable bonds is 6. The zero-order valence-electron chi connectivity index (χ0n) is 8.44. The van der Waals surface area contributed by atoms with E-state index in [2.05, 4.69) is 22.6 Å². The van der Waals surface area contributed by atoms with Crippen LogP contribution in [0.25, 0.3) is 0 Å². The van der Waals surface area contributed by atoms with Gasteiger partial charge in [-0.1, -0.05) is 18.6 Å². The fourth-order valence-corrected chi connectivity index (χ4v) is 1.06. The summed E-state index contributed by atoms with van der Waals surface area (Å²) in [6.07, 6.45) is 5.96. The number of hydrogen-bond donors (Lipinski definition) is 1. The lowest BCUT2D eigenvalue weighted by Crippen LogP contribution is -2.25. The maximum absolute atomic E-state index is 11.2. The minimum Gasteiger partial charge on any atom is -0.356 e. The normalized spacial score (nSPS) is 10.1. The molecule has 1 rings (SSSR count). The zero-order chi connectivity index (χ0) is 10.2. The van der Waals surface area contributed by atoms with E-state index in [1.165, 1.54) is 0 Å². The summed E-state index contributed by atoms with van der Waals surface area (Å²) in [4.78, 5) is 11.2. The van der Waals surface area contributed by atoms with Crippen molar-refractivity contribution in [3.05, 3.63) is 12.4 Å². The Kier molecular flexibility index (Phi) is 4.68. The van der Waals surface area contributed by atoms with E-state index >= 15 is 0 Å². The Morgan fingerprint density at radius 3 is 3.07 bits per heavy atom. The van der Waals surface area contributed by atoms with E-state index < -0.39 is 0 Å². The number of hydrogen-bond acceptors (Lipinski definition) is 3. The first-order chi connectivity index (χ1) is 6.83. The van der Waals surface area contributed by atoms with Gasteiger partial charge in [0.05, 0.1) is 12.7 Å². The maximum atomic E-state index is 11.2. The van der Waals surface area contributed by atoms with E-state index in [-0.39, 0.29) is 5.91 Å². The summed E-state index contributed by atoms with van der Waals surface area (Å²) in [7, 11) is 0. The van der Waals surface area contributed by atoms with Crippen LogP contribution in [0.15, 0.2) is 12.4 Å². The van der Waals surface area contributed by atoms with E-state index in [1.54, 1.807) is 17.1 Å². The average molecular weight is 196 g/mol. The van der Waals surface area contributed by atoms with Crippen LogP contribution in [0.4, 0.5) is 0 Å². The van der Waals surface area contributed by atoms with Crippen molar-refractivity contribution in [2.24, 2.45) is 0 Å². The SMILES string of the molecule is CCCCNC(=O)CCn1ccnn1. The molecule has 5 heteroatoms. The number of aryl methyl sites for hydroxylation is 1. The van der Waals surface area contributed by atoms with Gasteiger partial charge in [-0.3, -0.25) is 9.48 Å². The average Bonchev–Trinajstić information content (AvgIpc) is 2.68. The maximum Gasteiger partial charge on any atom is 0.221 e. The van der Waals surface area contributed by atoms with Crippen LogP contribution in [0, 0.1) is 0 Å². The minimum absolute atomic E-state index is 0.0777. The van der Waals surface area contributed by atoms with Crippen molar-refractivity contribution in [3.8, 4) is 0 Å². The lowest BCUT2D eigenvalue weighted by Gasteiger charge is -2.03. The van der Waals surface area contributed by atoms with E-state index in [0.717, 1.165) is 19.4 Å². The molecule has 0 fully saturated rings. The topological polar surface area (TPSA) is 59.8 Å². The highest BCUT2D eigenvalue weighted by Gasteiger charge is 2.00. The quantitative estimate of drug-likeness (QED) is 0.677. The van der Waals surface area contributed by atoms with Crippen molar-refractivity contribution in [1.29, 1.82) is 0 Å². The first kappa shape index (κ1) is 10.7. The standard InChI is InChI=1S/C9H16N4O/c1-2-3-5-10-9(14)4-7-13-8-6-11-12-13/h6,8H,2-5,7H2,1H3,(H,10,14). The van der Waals surface area contributed by atoms with Gasteiger partial charge in [0.15, 0.2) is 0 Å². The van der Waals surface area contributed by atoms with Crippen molar-refractivity contribution in [2.75, 3.05) is 6.54 Å². The van der Waals surface area contributed by atoms with Crippen molar-refractivity contribution < 1.29 is 4.79 Å². The lowest BCUT2D eigenvalue weighted by molar-refractivity contribution is -0.121. The highest BCUT2D eigenvalue weighted by atomic mass is 16.1. The van der Waals surface area contributed by atoms with Crippen molar-refractivity contribution in [3.63, 3.8) is 0 Å². The summed E-state index contributed by atoms with van der Waals surface area (Å²) in [6, 6.07) is 0. The molecule has 0 unspecified atom stereocenters. The number of aromatic nitrogens is 3. The summed E-state index contributed by atoms with van der Waals surface area (Å²) in [6.45, 7) is 3.46. The molecule has 0 aliphatic heterocycles. The van der Waals surface area contributed by atoms with Gasteiger partial charge in [0.1, 0.15) is 0 Å². The highest BCUT2D eigenvalue weighted by molar-refractivity contribution is 5.75. The molecule has 14 heavy (non-hydrogen) atoms. The zero-order valence-corrected chi connectivity index (χ0v) is 8.44. The number of carbonyl (C=O) groups excluding carboxylic acids is 1. The Hall–Kier alpha value is -1.39.